The van der Waals surface area contributed by atoms with Gasteiger partial charge < -0.3 is 10.2 Å². The molecule has 3 nitrogen and oxygen atoms in total. The second-order valence-electron chi connectivity index (χ2n) is 3.51. The highest BCUT2D eigenvalue weighted by atomic mass is 35.5. The van der Waals surface area contributed by atoms with Crippen molar-refractivity contribution in [2.24, 2.45) is 0 Å². The second-order valence-corrected chi connectivity index (χ2v) is 3.94. The molecule has 0 saturated carbocycles. The second kappa shape index (κ2) is 4.83. The molecule has 7 heteroatoms. The largest absolute Gasteiger partial charge is 0.471 e. The molecule has 17 heavy (non-hydrogen) atoms. The number of anilines is 2. The minimum absolute atomic E-state index is 0.0184. The fourth-order valence-electron chi connectivity index (χ4n) is 1.19. The van der Waals surface area contributed by atoms with Crippen LogP contribution in [-0.2, 0) is 4.79 Å². The van der Waals surface area contributed by atoms with E-state index in [2.05, 4.69) is 0 Å². The van der Waals surface area contributed by atoms with Crippen LogP contribution in [0.3, 0.4) is 0 Å². The third-order valence-electron chi connectivity index (χ3n) is 1.95. The summed E-state index contributed by atoms with van der Waals surface area (Å²) in [5.74, 6) is -2.03. The van der Waals surface area contributed by atoms with E-state index < -0.39 is 12.1 Å². The SMILES string of the molecule is CN(C)c1ccc(Cl)cc1NC(=O)C(F)(F)F. The highest BCUT2D eigenvalue weighted by Crippen LogP contribution is 2.29. The van der Waals surface area contributed by atoms with E-state index in [1.165, 1.54) is 18.2 Å². The number of rotatable bonds is 2. The van der Waals surface area contributed by atoms with Crippen LogP contribution < -0.4 is 10.2 Å². The molecule has 0 saturated heterocycles. The summed E-state index contributed by atoms with van der Waals surface area (Å²) in [6.45, 7) is 0. The summed E-state index contributed by atoms with van der Waals surface area (Å²) in [5.41, 5.74) is 0.455. The van der Waals surface area contributed by atoms with Gasteiger partial charge in [0.15, 0.2) is 0 Å². The van der Waals surface area contributed by atoms with Gasteiger partial charge in [-0.05, 0) is 18.2 Å². The summed E-state index contributed by atoms with van der Waals surface area (Å²) < 4.78 is 36.3. The first-order valence-electron chi connectivity index (χ1n) is 4.57. The van der Waals surface area contributed by atoms with Gasteiger partial charge in [0.1, 0.15) is 0 Å². The van der Waals surface area contributed by atoms with Crippen molar-refractivity contribution in [3.05, 3.63) is 23.2 Å². The zero-order valence-electron chi connectivity index (χ0n) is 9.10. The Bertz CT molecular complexity index is 432. The molecule has 0 aliphatic carbocycles. The van der Waals surface area contributed by atoms with E-state index in [0.29, 0.717) is 5.69 Å². The van der Waals surface area contributed by atoms with Crippen molar-refractivity contribution in [2.45, 2.75) is 6.18 Å². The first-order chi connectivity index (χ1) is 7.71. The predicted octanol–water partition coefficient (Wildman–Crippen LogP) is 2.91. The number of benzene rings is 1. The summed E-state index contributed by atoms with van der Waals surface area (Å²) in [4.78, 5) is 12.4. The molecular weight excluding hydrogens is 257 g/mol. The Morgan fingerprint density at radius 3 is 2.41 bits per heavy atom. The number of halogens is 4. The van der Waals surface area contributed by atoms with Gasteiger partial charge in [0.25, 0.3) is 0 Å². The molecule has 94 valence electrons. The maximum Gasteiger partial charge on any atom is 0.471 e. The number of nitrogens with zero attached hydrogens (tertiary/aromatic N) is 1. The quantitative estimate of drug-likeness (QED) is 0.893. The van der Waals surface area contributed by atoms with Gasteiger partial charge in [0, 0.05) is 19.1 Å². The number of hydrogen-bond donors (Lipinski definition) is 1. The van der Waals surface area contributed by atoms with Crippen molar-refractivity contribution in [1.29, 1.82) is 0 Å². The van der Waals surface area contributed by atoms with Crippen LogP contribution in [0.1, 0.15) is 0 Å². The summed E-state index contributed by atoms with van der Waals surface area (Å²) >= 11 is 5.67. The topological polar surface area (TPSA) is 32.3 Å². The van der Waals surface area contributed by atoms with Gasteiger partial charge in [-0.2, -0.15) is 13.2 Å². The number of amides is 1. The van der Waals surface area contributed by atoms with Crippen molar-refractivity contribution in [3.8, 4) is 0 Å². The first-order valence-corrected chi connectivity index (χ1v) is 4.94. The summed E-state index contributed by atoms with van der Waals surface area (Å²) in [7, 11) is 3.29. The van der Waals surface area contributed by atoms with Crippen LogP contribution in [0.5, 0.6) is 0 Å². The third-order valence-corrected chi connectivity index (χ3v) is 2.18. The van der Waals surface area contributed by atoms with Crippen LogP contribution in [0.25, 0.3) is 0 Å². The molecular formula is C10H10ClF3N2O. The van der Waals surface area contributed by atoms with Crippen molar-refractivity contribution in [3.63, 3.8) is 0 Å². The fraction of sp³-hybridized carbons (Fsp3) is 0.300. The minimum atomic E-state index is -4.92. The van der Waals surface area contributed by atoms with Gasteiger partial charge >= 0.3 is 12.1 Å². The van der Waals surface area contributed by atoms with Crippen LogP contribution in [0.4, 0.5) is 24.5 Å². The maximum absolute atomic E-state index is 12.1. The van der Waals surface area contributed by atoms with E-state index in [4.69, 9.17) is 11.6 Å². The molecule has 1 aromatic rings. The Morgan fingerprint density at radius 1 is 1.35 bits per heavy atom. The van der Waals surface area contributed by atoms with Crippen molar-refractivity contribution in [2.75, 3.05) is 24.3 Å². The molecule has 0 unspecified atom stereocenters. The molecule has 1 amide bonds. The molecule has 1 aromatic carbocycles. The molecule has 0 heterocycles. The Kier molecular flexibility index (Phi) is 3.87. The molecule has 0 aromatic heterocycles. The standard InChI is InChI=1S/C10H10ClF3N2O/c1-16(2)8-4-3-6(11)5-7(8)15-9(17)10(12,13)14/h3-5H,1-2H3,(H,15,17). The van der Waals surface area contributed by atoms with Crippen molar-refractivity contribution < 1.29 is 18.0 Å². The summed E-state index contributed by atoms with van der Waals surface area (Å²) in [5, 5.41) is 2.03. The number of alkyl halides is 3. The van der Waals surface area contributed by atoms with E-state index >= 15 is 0 Å². The lowest BCUT2D eigenvalue weighted by Gasteiger charge is -2.18. The highest BCUT2D eigenvalue weighted by Gasteiger charge is 2.39. The van der Waals surface area contributed by atoms with Crippen molar-refractivity contribution >= 4 is 28.9 Å². The van der Waals surface area contributed by atoms with Gasteiger partial charge in [-0.25, -0.2) is 0 Å². The van der Waals surface area contributed by atoms with Crippen LogP contribution in [0.2, 0.25) is 5.02 Å². The van der Waals surface area contributed by atoms with Crippen LogP contribution in [-0.4, -0.2) is 26.2 Å². The van der Waals surface area contributed by atoms with Gasteiger partial charge in [-0.1, -0.05) is 11.6 Å². The van der Waals surface area contributed by atoms with E-state index in [1.54, 1.807) is 24.3 Å². The lowest BCUT2D eigenvalue weighted by Crippen LogP contribution is -2.30. The predicted molar refractivity (Wildman–Crippen MR) is 60.5 cm³/mol. The number of nitrogens with one attached hydrogen (secondary N) is 1. The number of carbonyl (C=O) groups is 1. The van der Waals surface area contributed by atoms with E-state index in [0.717, 1.165) is 0 Å². The Labute approximate surface area is 101 Å². The third kappa shape index (κ3) is 3.52. The minimum Gasteiger partial charge on any atom is -0.376 e. The normalized spacial score (nSPS) is 11.2. The van der Waals surface area contributed by atoms with Gasteiger partial charge in [0.2, 0.25) is 0 Å². The average Bonchev–Trinajstić information content (AvgIpc) is 2.15. The van der Waals surface area contributed by atoms with Crippen molar-refractivity contribution in [1.82, 2.24) is 0 Å². The maximum atomic E-state index is 12.1. The van der Waals surface area contributed by atoms with E-state index in [9.17, 15) is 18.0 Å². The number of carbonyl (C=O) groups excluding carboxylic acids is 1. The molecule has 0 fully saturated rings. The number of hydrogen-bond acceptors (Lipinski definition) is 2. The van der Waals surface area contributed by atoms with E-state index in [1.807, 2.05) is 0 Å². The molecule has 0 atom stereocenters. The molecule has 1 rings (SSSR count). The van der Waals surface area contributed by atoms with Crippen LogP contribution in [0.15, 0.2) is 18.2 Å². The molecule has 1 N–H and O–H groups in total. The van der Waals surface area contributed by atoms with Crippen LogP contribution >= 0.6 is 11.6 Å². The molecule has 0 radical (unpaired) electrons. The zero-order chi connectivity index (χ0) is 13.2. The fourth-order valence-corrected chi connectivity index (χ4v) is 1.36. The lowest BCUT2D eigenvalue weighted by atomic mass is 10.2. The van der Waals surface area contributed by atoms with Gasteiger partial charge in [0.05, 0.1) is 11.4 Å². The zero-order valence-corrected chi connectivity index (χ0v) is 9.86. The Hall–Kier alpha value is -1.43. The van der Waals surface area contributed by atoms with Gasteiger partial charge in [-0.3, -0.25) is 4.79 Å². The smallest absolute Gasteiger partial charge is 0.376 e. The molecule has 0 bridgehead atoms. The Morgan fingerprint density at radius 2 is 1.94 bits per heavy atom. The molecule has 0 aliphatic rings. The molecule has 0 spiro atoms. The summed E-state index contributed by atoms with van der Waals surface area (Å²) in [6, 6.07) is 4.31. The molecule has 0 aliphatic heterocycles. The Balaban J connectivity index is 3.05. The van der Waals surface area contributed by atoms with Crippen LogP contribution in [0, 0.1) is 0 Å². The summed E-state index contributed by atoms with van der Waals surface area (Å²) in [6.07, 6.45) is -4.92. The highest BCUT2D eigenvalue weighted by molar-refractivity contribution is 6.31. The first kappa shape index (κ1) is 13.6. The average molecular weight is 267 g/mol. The monoisotopic (exact) mass is 266 g/mol. The lowest BCUT2D eigenvalue weighted by molar-refractivity contribution is -0.167. The van der Waals surface area contributed by atoms with E-state index in [-0.39, 0.29) is 10.7 Å². The van der Waals surface area contributed by atoms with Gasteiger partial charge in [-0.15, -0.1) is 0 Å².